The number of benzene rings is 1. The zero-order valence-electron chi connectivity index (χ0n) is 16.9. The average Bonchev–Trinajstić information content (AvgIpc) is 3.33. The van der Waals surface area contributed by atoms with E-state index in [1.165, 1.54) is 11.6 Å². The minimum Gasteiger partial charge on any atom is -0.297 e. The fraction of sp³-hybridized carbons (Fsp3) is 0.263. The van der Waals surface area contributed by atoms with Crippen molar-refractivity contribution in [2.24, 2.45) is 14.1 Å². The van der Waals surface area contributed by atoms with Gasteiger partial charge in [0.2, 0.25) is 5.78 Å². The first-order valence-corrected chi connectivity index (χ1v) is 10.3. The van der Waals surface area contributed by atoms with Crippen LogP contribution in [0.3, 0.4) is 0 Å². The van der Waals surface area contributed by atoms with Crippen LogP contribution in [0.5, 0.6) is 0 Å². The molecule has 0 aliphatic heterocycles. The van der Waals surface area contributed by atoms with Gasteiger partial charge in [0.15, 0.2) is 21.7 Å². The number of hydrogen-bond donors (Lipinski definition) is 0. The highest BCUT2D eigenvalue weighted by Gasteiger charge is 2.21. The summed E-state index contributed by atoms with van der Waals surface area (Å²) in [5.41, 5.74) is 0.143. The molecule has 0 bridgehead atoms. The summed E-state index contributed by atoms with van der Waals surface area (Å²) in [4.78, 5) is 42.2. The Morgan fingerprint density at radius 1 is 0.968 bits per heavy atom. The lowest BCUT2D eigenvalue weighted by molar-refractivity contribution is 0.672. The lowest BCUT2D eigenvalue weighted by atomic mass is 10.2. The fourth-order valence-electron chi connectivity index (χ4n) is 3.95. The molecule has 0 saturated heterocycles. The molecule has 4 aromatic heterocycles. The van der Waals surface area contributed by atoms with E-state index >= 15 is 0 Å². The molecule has 0 N–H and O–H groups in total. The highest BCUT2D eigenvalue weighted by Crippen LogP contribution is 2.20. The summed E-state index contributed by atoms with van der Waals surface area (Å²) in [5, 5.41) is 9.13. The minimum atomic E-state index is -0.478. The number of rotatable bonds is 3. The zero-order chi connectivity index (χ0) is 22.0. The summed E-state index contributed by atoms with van der Waals surface area (Å²) >= 11 is 3.40. The summed E-state index contributed by atoms with van der Waals surface area (Å²) in [6.07, 6.45) is 0. The second-order valence-electron chi connectivity index (χ2n) is 7.16. The number of hydrogen-bond acceptors (Lipinski definition) is 6. The molecular weight excluding hydrogens is 468 g/mol. The third-order valence-corrected chi connectivity index (χ3v) is 6.09. The lowest BCUT2D eigenvalue weighted by Crippen LogP contribution is -2.37. The van der Waals surface area contributed by atoms with Crippen LogP contribution in [0.25, 0.3) is 27.8 Å². The van der Waals surface area contributed by atoms with Crippen LogP contribution >= 0.6 is 15.9 Å². The van der Waals surface area contributed by atoms with Crippen molar-refractivity contribution >= 4 is 43.8 Å². The number of para-hydroxylation sites is 1. The van der Waals surface area contributed by atoms with Gasteiger partial charge in [0, 0.05) is 20.6 Å². The van der Waals surface area contributed by atoms with Crippen LogP contribution in [0.2, 0.25) is 0 Å². The minimum absolute atomic E-state index is 0.135. The largest absolute Gasteiger partial charge is 0.332 e. The van der Waals surface area contributed by atoms with Crippen LogP contribution in [0.4, 0.5) is 0 Å². The standard InChI is InChI=1S/C19H17BrN8O3/c1-4-26-15(29)10-7-5-6-8-11(10)28-12(22-23-18(26)28)9-27-14-13(21-17(27)20)16(30)25(3)19(31)24(14)2/h5-8H,4,9H2,1-3H3. The number of aromatic nitrogens is 8. The molecule has 5 aromatic rings. The lowest BCUT2D eigenvalue weighted by Gasteiger charge is -2.11. The Hall–Kier alpha value is -3.54. The Bertz CT molecular complexity index is 1700. The third kappa shape index (κ3) is 2.57. The van der Waals surface area contributed by atoms with Gasteiger partial charge in [-0.2, -0.15) is 0 Å². The zero-order valence-corrected chi connectivity index (χ0v) is 18.5. The van der Waals surface area contributed by atoms with Crippen molar-refractivity contribution in [1.82, 2.24) is 37.9 Å². The molecule has 1 aromatic carbocycles. The van der Waals surface area contributed by atoms with Crippen LogP contribution in [0.15, 0.2) is 43.4 Å². The van der Waals surface area contributed by atoms with Gasteiger partial charge in [-0.1, -0.05) is 12.1 Å². The van der Waals surface area contributed by atoms with Crippen molar-refractivity contribution in [3.63, 3.8) is 0 Å². The molecule has 0 radical (unpaired) electrons. The molecule has 31 heavy (non-hydrogen) atoms. The monoisotopic (exact) mass is 484 g/mol. The molecule has 0 aliphatic rings. The van der Waals surface area contributed by atoms with Crippen LogP contribution in [-0.4, -0.2) is 37.9 Å². The van der Waals surface area contributed by atoms with Gasteiger partial charge in [-0.15, -0.1) is 10.2 Å². The van der Waals surface area contributed by atoms with Gasteiger partial charge in [-0.3, -0.25) is 32.3 Å². The average molecular weight is 485 g/mol. The topological polar surface area (TPSA) is 114 Å². The van der Waals surface area contributed by atoms with Gasteiger partial charge in [0.25, 0.3) is 11.1 Å². The van der Waals surface area contributed by atoms with E-state index in [0.29, 0.717) is 39.4 Å². The number of imidazole rings is 1. The Labute approximate surface area is 181 Å². The van der Waals surface area contributed by atoms with Crippen molar-refractivity contribution in [2.45, 2.75) is 20.0 Å². The van der Waals surface area contributed by atoms with Crippen molar-refractivity contribution in [3.8, 4) is 0 Å². The maximum Gasteiger partial charge on any atom is 0.332 e. The first-order valence-electron chi connectivity index (χ1n) is 9.52. The van der Waals surface area contributed by atoms with Crippen molar-refractivity contribution in [1.29, 1.82) is 0 Å². The summed E-state index contributed by atoms with van der Waals surface area (Å²) in [7, 11) is 3.00. The molecule has 0 aliphatic carbocycles. The number of halogens is 1. The van der Waals surface area contributed by atoms with Crippen LogP contribution in [0, 0.1) is 0 Å². The Balaban J connectivity index is 1.84. The summed E-state index contributed by atoms with van der Waals surface area (Å²) in [6.45, 7) is 2.48. The van der Waals surface area contributed by atoms with E-state index in [9.17, 15) is 14.4 Å². The summed E-state index contributed by atoms with van der Waals surface area (Å²) in [6, 6.07) is 7.26. The number of nitrogens with zero attached hydrogens (tertiary/aromatic N) is 8. The second-order valence-corrected chi connectivity index (χ2v) is 7.87. The fourth-order valence-corrected chi connectivity index (χ4v) is 4.42. The molecule has 0 amide bonds. The predicted octanol–water partition coefficient (Wildman–Crippen LogP) is 0.622. The quantitative estimate of drug-likeness (QED) is 0.347. The molecule has 0 atom stereocenters. The Morgan fingerprint density at radius 3 is 2.45 bits per heavy atom. The number of aryl methyl sites for hydroxylation is 2. The molecule has 0 spiro atoms. The number of fused-ring (bicyclic) bond motifs is 4. The van der Waals surface area contributed by atoms with E-state index < -0.39 is 11.2 Å². The van der Waals surface area contributed by atoms with E-state index in [2.05, 4.69) is 31.1 Å². The van der Waals surface area contributed by atoms with Gasteiger partial charge < -0.3 is 0 Å². The molecule has 11 nitrogen and oxygen atoms in total. The smallest absolute Gasteiger partial charge is 0.297 e. The molecular formula is C19H17BrN8O3. The molecule has 12 heteroatoms. The highest BCUT2D eigenvalue weighted by molar-refractivity contribution is 9.10. The summed E-state index contributed by atoms with van der Waals surface area (Å²) < 4.78 is 7.84. The molecule has 5 rings (SSSR count). The van der Waals surface area contributed by atoms with Crippen LogP contribution in [0.1, 0.15) is 12.7 Å². The maximum absolute atomic E-state index is 12.9. The van der Waals surface area contributed by atoms with E-state index in [-0.39, 0.29) is 17.6 Å². The van der Waals surface area contributed by atoms with E-state index in [1.54, 1.807) is 22.2 Å². The van der Waals surface area contributed by atoms with Crippen LogP contribution < -0.4 is 16.8 Å². The Morgan fingerprint density at radius 2 is 1.71 bits per heavy atom. The van der Waals surface area contributed by atoms with E-state index in [1.807, 2.05) is 29.5 Å². The van der Waals surface area contributed by atoms with E-state index in [0.717, 1.165) is 4.57 Å². The first kappa shape index (κ1) is 19.4. The highest BCUT2D eigenvalue weighted by atomic mass is 79.9. The van der Waals surface area contributed by atoms with Gasteiger partial charge >= 0.3 is 5.69 Å². The van der Waals surface area contributed by atoms with Gasteiger partial charge in [0.05, 0.1) is 17.4 Å². The molecule has 4 heterocycles. The molecule has 0 fully saturated rings. The first-order chi connectivity index (χ1) is 14.8. The Kier molecular flexibility index (Phi) is 4.22. The van der Waals surface area contributed by atoms with Gasteiger partial charge in [-0.05, 0) is 35.0 Å². The van der Waals surface area contributed by atoms with Gasteiger partial charge in [0.1, 0.15) is 0 Å². The third-order valence-electron chi connectivity index (χ3n) is 5.48. The predicted molar refractivity (Wildman–Crippen MR) is 117 cm³/mol. The van der Waals surface area contributed by atoms with Crippen LogP contribution in [-0.2, 0) is 27.2 Å². The normalized spacial score (nSPS) is 11.9. The van der Waals surface area contributed by atoms with E-state index in [4.69, 9.17) is 0 Å². The molecule has 0 saturated carbocycles. The second kappa shape index (κ2) is 6.74. The molecule has 0 unspecified atom stereocenters. The van der Waals surface area contributed by atoms with Crippen molar-refractivity contribution < 1.29 is 0 Å². The summed E-state index contributed by atoms with van der Waals surface area (Å²) in [5.74, 6) is 0.952. The maximum atomic E-state index is 12.9. The van der Waals surface area contributed by atoms with Crippen molar-refractivity contribution in [2.75, 3.05) is 0 Å². The SMILES string of the molecule is CCn1c(=O)c2ccccc2n2c(Cn3c(Br)nc4c(=O)n(C)c(=O)n(C)c43)nnc12. The van der Waals surface area contributed by atoms with Crippen molar-refractivity contribution in [3.05, 3.63) is 66.0 Å². The van der Waals surface area contributed by atoms with Gasteiger partial charge in [-0.25, -0.2) is 9.78 Å². The molecule has 158 valence electrons.